The molecule has 1 heterocycles. The third-order valence-electron chi connectivity index (χ3n) is 3.51. The summed E-state index contributed by atoms with van der Waals surface area (Å²) in [5.41, 5.74) is 7.80. The van der Waals surface area contributed by atoms with Crippen molar-refractivity contribution in [2.45, 2.75) is 25.8 Å². The molecule has 0 aliphatic carbocycles. The number of aliphatic hydroxyl groups excluding tert-OH is 1. The molecule has 20 heavy (non-hydrogen) atoms. The molecule has 1 aromatic carbocycles. The van der Waals surface area contributed by atoms with Gasteiger partial charge in [-0.05, 0) is 43.5 Å². The van der Waals surface area contributed by atoms with Gasteiger partial charge in [-0.3, -0.25) is 4.79 Å². The second kappa shape index (κ2) is 6.56. The van der Waals surface area contributed by atoms with Gasteiger partial charge >= 0.3 is 0 Å². The van der Waals surface area contributed by atoms with Crippen LogP contribution in [0.5, 0.6) is 0 Å². The van der Waals surface area contributed by atoms with Gasteiger partial charge in [0.25, 0.3) is 5.91 Å². The molecule has 0 spiro atoms. The zero-order valence-electron chi connectivity index (χ0n) is 11.7. The number of hydrogen-bond donors (Lipinski definition) is 2. The van der Waals surface area contributed by atoms with E-state index in [4.69, 9.17) is 5.73 Å². The van der Waals surface area contributed by atoms with E-state index in [-0.39, 0.29) is 18.6 Å². The number of benzene rings is 1. The number of carbonyl (C=O) groups is 1. The molecule has 1 aliphatic rings. The average Bonchev–Trinajstić information content (AvgIpc) is 2.92. The summed E-state index contributed by atoms with van der Waals surface area (Å²) in [4.78, 5) is 14.3. The Morgan fingerprint density at radius 1 is 1.50 bits per heavy atom. The smallest absolute Gasteiger partial charge is 0.254 e. The van der Waals surface area contributed by atoms with E-state index in [1.807, 2.05) is 19.1 Å². The van der Waals surface area contributed by atoms with E-state index in [1.165, 1.54) is 0 Å². The zero-order chi connectivity index (χ0) is 14.5. The molecule has 1 fully saturated rings. The fraction of sp³-hybridized carbons (Fsp3) is 0.438. The number of aryl methyl sites for hydroxylation is 1. The Labute approximate surface area is 119 Å². The SMILES string of the molecule is Cc1cc(C#CCN)cc(C(=O)N2CCCC2CO)c1. The Hall–Kier alpha value is -1.83. The molecule has 0 aromatic heterocycles. The van der Waals surface area contributed by atoms with Gasteiger partial charge in [-0.2, -0.15) is 0 Å². The number of likely N-dealkylation sites (tertiary alicyclic amines) is 1. The predicted molar refractivity (Wildman–Crippen MR) is 78.3 cm³/mol. The van der Waals surface area contributed by atoms with Crippen LogP contribution in [0.2, 0.25) is 0 Å². The first kappa shape index (κ1) is 14.6. The van der Waals surface area contributed by atoms with Gasteiger partial charge in [0.1, 0.15) is 0 Å². The lowest BCUT2D eigenvalue weighted by Crippen LogP contribution is -2.37. The molecule has 1 saturated heterocycles. The van der Waals surface area contributed by atoms with Gasteiger partial charge in [-0.15, -0.1) is 0 Å². The Balaban J connectivity index is 2.27. The summed E-state index contributed by atoms with van der Waals surface area (Å²) in [7, 11) is 0. The first-order valence-electron chi connectivity index (χ1n) is 6.88. The fourth-order valence-corrected chi connectivity index (χ4v) is 2.59. The van der Waals surface area contributed by atoms with Crippen LogP contribution in [0.15, 0.2) is 18.2 Å². The highest BCUT2D eigenvalue weighted by atomic mass is 16.3. The average molecular weight is 272 g/mol. The van der Waals surface area contributed by atoms with E-state index in [9.17, 15) is 9.90 Å². The standard InChI is InChI=1S/C16H20N2O2/c1-12-8-13(4-2-6-17)10-14(9-12)16(20)18-7-3-5-15(18)11-19/h8-10,15,19H,3,5-7,11,17H2,1H3. The van der Waals surface area contributed by atoms with E-state index in [0.717, 1.165) is 24.0 Å². The van der Waals surface area contributed by atoms with Crippen molar-refractivity contribution in [2.24, 2.45) is 5.73 Å². The number of hydrogen-bond acceptors (Lipinski definition) is 3. The van der Waals surface area contributed by atoms with Crippen LogP contribution in [-0.2, 0) is 0 Å². The normalized spacial score (nSPS) is 17.8. The van der Waals surface area contributed by atoms with Crippen LogP contribution >= 0.6 is 0 Å². The molecular weight excluding hydrogens is 252 g/mol. The first-order chi connectivity index (χ1) is 9.65. The molecule has 1 atom stereocenters. The number of aliphatic hydroxyl groups is 1. The molecule has 0 bridgehead atoms. The Morgan fingerprint density at radius 2 is 2.30 bits per heavy atom. The van der Waals surface area contributed by atoms with Crippen molar-refractivity contribution in [1.82, 2.24) is 4.90 Å². The van der Waals surface area contributed by atoms with E-state index in [1.54, 1.807) is 11.0 Å². The van der Waals surface area contributed by atoms with Crippen molar-refractivity contribution >= 4 is 5.91 Å². The minimum Gasteiger partial charge on any atom is -0.394 e. The third kappa shape index (κ3) is 3.19. The van der Waals surface area contributed by atoms with Gasteiger partial charge in [0.05, 0.1) is 19.2 Å². The molecule has 106 valence electrons. The molecular formula is C16H20N2O2. The third-order valence-corrected chi connectivity index (χ3v) is 3.51. The van der Waals surface area contributed by atoms with Crippen molar-refractivity contribution in [3.63, 3.8) is 0 Å². The topological polar surface area (TPSA) is 66.6 Å². The number of amides is 1. The quantitative estimate of drug-likeness (QED) is 0.786. The van der Waals surface area contributed by atoms with Crippen LogP contribution in [0.3, 0.4) is 0 Å². The second-order valence-electron chi connectivity index (χ2n) is 5.07. The highest BCUT2D eigenvalue weighted by molar-refractivity contribution is 5.95. The summed E-state index contributed by atoms with van der Waals surface area (Å²) >= 11 is 0. The highest BCUT2D eigenvalue weighted by Gasteiger charge is 2.28. The second-order valence-corrected chi connectivity index (χ2v) is 5.07. The first-order valence-corrected chi connectivity index (χ1v) is 6.88. The molecule has 4 heteroatoms. The maximum Gasteiger partial charge on any atom is 0.254 e. The molecule has 2 rings (SSSR count). The number of nitrogens with two attached hydrogens (primary N) is 1. The van der Waals surface area contributed by atoms with Crippen LogP contribution in [0.4, 0.5) is 0 Å². The Bertz CT molecular complexity index is 557. The van der Waals surface area contributed by atoms with Crippen LogP contribution in [-0.4, -0.2) is 41.7 Å². The summed E-state index contributed by atoms with van der Waals surface area (Å²) in [5.74, 6) is 5.73. The van der Waals surface area contributed by atoms with E-state index in [0.29, 0.717) is 18.7 Å². The minimum absolute atomic E-state index is 0.0252. The lowest BCUT2D eigenvalue weighted by Gasteiger charge is -2.23. The van der Waals surface area contributed by atoms with Crippen LogP contribution in [0.1, 0.15) is 34.3 Å². The van der Waals surface area contributed by atoms with Gasteiger partial charge in [0.2, 0.25) is 0 Å². The van der Waals surface area contributed by atoms with Crippen LogP contribution < -0.4 is 5.73 Å². The molecule has 0 saturated carbocycles. The van der Waals surface area contributed by atoms with Crippen molar-refractivity contribution in [3.05, 3.63) is 34.9 Å². The summed E-state index contributed by atoms with van der Waals surface area (Å²) < 4.78 is 0. The van der Waals surface area contributed by atoms with Crippen molar-refractivity contribution in [3.8, 4) is 11.8 Å². The maximum atomic E-state index is 12.5. The molecule has 1 aromatic rings. The van der Waals surface area contributed by atoms with Gasteiger partial charge in [-0.25, -0.2) is 0 Å². The van der Waals surface area contributed by atoms with Gasteiger partial charge < -0.3 is 15.7 Å². The van der Waals surface area contributed by atoms with Crippen LogP contribution in [0.25, 0.3) is 0 Å². The maximum absolute atomic E-state index is 12.5. The van der Waals surface area contributed by atoms with Crippen LogP contribution in [0, 0.1) is 18.8 Å². The monoisotopic (exact) mass is 272 g/mol. The highest BCUT2D eigenvalue weighted by Crippen LogP contribution is 2.20. The molecule has 1 unspecified atom stereocenters. The number of rotatable bonds is 2. The summed E-state index contributed by atoms with van der Waals surface area (Å²) in [5, 5.41) is 9.33. The largest absolute Gasteiger partial charge is 0.394 e. The van der Waals surface area contributed by atoms with Crippen molar-refractivity contribution in [1.29, 1.82) is 0 Å². The van der Waals surface area contributed by atoms with Crippen molar-refractivity contribution < 1.29 is 9.90 Å². The summed E-state index contributed by atoms with van der Waals surface area (Å²) in [6.07, 6.45) is 1.82. The molecule has 4 nitrogen and oxygen atoms in total. The molecule has 1 amide bonds. The lowest BCUT2D eigenvalue weighted by molar-refractivity contribution is 0.0677. The zero-order valence-corrected chi connectivity index (χ0v) is 11.7. The number of carbonyl (C=O) groups excluding carboxylic acids is 1. The Kier molecular flexibility index (Phi) is 4.78. The van der Waals surface area contributed by atoms with Gasteiger partial charge in [0.15, 0.2) is 0 Å². The molecule has 1 aliphatic heterocycles. The van der Waals surface area contributed by atoms with E-state index < -0.39 is 0 Å². The fourth-order valence-electron chi connectivity index (χ4n) is 2.59. The van der Waals surface area contributed by atoms with Crippen molar-refractivity contribution in [2.75, 3.05) is 19.7 Å². The lowest BCUT2D eigenvalue weighted by atomic mass is 10.1. The minimum atomic E-state index is -0.0541. The van der Waals surface area contributed by atoms with E-state index in [2.05, 4.69) is 11.8 Å². The summed E-state index contributed by atoms with van der Waals surface area (Å²) in [6.45, 7) is 2.98. The summed E-state index contributed by atoms with van der Waals surface area (Å²) in [6, 6.07) is 5.54. The molecule has 3 N–H and O–H groups in total. The van der Waals surface area contributed by atoms with E-state index >= 15 is 0 Å². The van der Waals surface area contributed by atoms with Gasteiger partial charge in [0, 0.05) is 17.7 Å². The van der Waals surface area contributed by atoms with Gasteiger partial charge in [-0.1, -0.05) is 11.8 Å². The number of nitrogens with zero attached hydrogens (tertiary/aromatic N) is 1. The Morgan fingerprint density at radius 3 is 3.00 bits per heavy atom. The predicted octanol–water partition coefficient (Wildman–Crippen LogP) is 0.902. The molecule has 0 radical (unpaired) electrons.